The fourth-order valence-corrected chi connectivity index (χ4v) is 3.10. The molecule has 3 aromatic rings. The minimum absolute atomic E-state index is 0.0103. The normalized spacial score (nSPS) is 12.3. The lowest BCUT2D eigenvalue weighted by molar-refractivity contribution is -0.122. The van der Waals surface area contributed by atoms with Crippen molar-refractivity contribution in [3.63, 3.8) is 0 Å². The summed E-state index contributed by atoms with van der Waals surface area (Å²) in [5, 5.41) is 2.98. The molecule has 5 heteroatoms. The second-order valence-corrected chi connectivity index (χ2v) is 6.06. The van der Waals surface area contributed by atoms with E-state index < -0.39 is 0 Å². The molecule has 24 heavy (non-hydrogen) atoms. The summed E-state index contributed by atoms with van der Waals surface area (Å²) in [5.74, 6) is -0.177. The highest BCUT2D eigenvalue weighted by atomic mass is 16.2. The third-order valence-corrected chi connectivity index (χ3v) is 4.39. The molecule has 1 aromatic heterocycles. The monoisotopic (exact) mass is 323 g/mol. The van der Waals surface area contributed by atoms with Gasteiger partial charge in [-0.2, -0.15) is 0 Å². The number of nitrogens with one attached hydrogen (secondary N) is 1. The molecule has 0 unspecified atom stereocenters. The van der Waals surface area contributed by atoms with E-state index in [0.717, 1.165) is 22.2 Å². The third kappa shape index (κ3) is 2.85. The van der Waals surface area contributed by atoms with Crippen LogP contribution in [0.25, 0.3) is 11.0 Å². The fourth-order valence-electron chi connectivity index (χ4n) is 3.10. The summed E-state index contributed by atoms with van der Waals surface area (Å²) in [4.78, 5) is 24.8. The van der Waals surface area contributed by atoms with Gasteiger partial charge in [-0.15, -0.1) is 0 Å². The van der Waals surface area contributed by atoms with E-state index in [1.807, 2.05) is 62.4 Å². The molecule has 0 saturated heterocycles. The lowest BCUT2D eigenvalue weighted by Crippen LogP contribution is -2.34. The van der Waals surface area contributed by atoms with Crippen molar-refractivity contribution in [3.05, 3.63) is 70.1 Å². The van der Waals surface area contributed by atoms with Gasteiger partial charge in [0.05, 0.1) is 17.1 Å². The van der Waals surface area contributed by atoms with Crippen molar-refractivity contribution in [2.45, 2.75) is 26.4 Å². The molecular weight excluding hydrogens is 302 g/mol. The van der Waals surface area contributed by atoms with Gasteiger partial charge in [0, 0.05) is 7.05 Å². The van der Waals surface area contributed by atoms with Crippen LogP contribution in [-0.4, -0.2) is 15.0 Å². The Balaban J connectivity index is 1.82. The van der Waals surface area contributed by atoms with Crippen LogP contribution < -0.4 is 11.0 Å². The molecule has 5 nitrogen and oxygen atoms in total. The van der Waals surface area contributed by atoms with Crippen molar-refractivity contribution < 1.29 is 4.79 Å². The van der Waals surface area contributed by atoms with Crippen LogP contribution >= 0.6 is 0 Å². The predicted octanol–water partition coefficient (Wildman–Crippen LogP) is 2.53. The second-order valence-electron chi connectivity index (χ2n) is 6.06. The Bertz CT molecular complexity index is 953. The van der Waals surface area contributed by atoms with E-state index in [-0.39, 0.29) is 24.2 Å². The number of rotatable bonds is 4. The molecule has 1 heterocycles. The van der Waals surface area contributed by atoms with Gasteiger partial charge in [-0.1, -0.05) is 36.4 Å². The van der Waals surface area contributed by atoms with Gasteiger partial charge in [-0.3, -0.25) is 13.9 Å². The number of para-hydroxylation sites is 2. The summed E-state index contributed by atoms with van der Waals surface area (Å²) < 4.78 is 3.07. The van der Waals surface area contributed by atoms with E-state index in [4.69, 9.17) is 0 Å². The van der Waals surface area contributed by atoms with Crippen LogP contribution in [0, 0.1) is 6.92 Å². The van der Waals surface area contributed by atoms with E-state index in [0.29, 0.717) is 0 Å². The Labute approximate surface area is 140 Å². The molecule has 0 aliphatic carbocycles. The molecule has 2 aromatic carbocycles. The highest BCUT2D eigenvalue weighted by Gasteiger charge is 2.15. The van der Waals surface area contributed by atoms with Crippen LogP contribution in [0.3, 0.4) is 0 Å². The maximum absolute atomic E-state index is 12.4. The predicted molar refractivity (Wildman–Crippen MR) is 94.9 cm³/mol. The summed E-state index contributed by atoms with van der Waals surface area (Å²) in [5.41, 5.74) is 3.62. The van der Waals surface area contributed by atoms with Crippen LogP contribution in [0.5, 0.6) is 0 Å². The van der Waals surface area contributed by atoms with E-state index in [2.05, 4.69) is 5.32 Å². The number of carbonyl (C=O) groups excluding carboxylic acids is 1. The van der Waals surface area contributed by atoms with Gasteiger partial charge in [0.25, 0.3) is 0 Å². The average molecular weight is 323 g/mol. The number of benzene rings is 2. The first-order valence-corrected chi connectivity index (χ1v) is 7.98. The molecule has 1 atom stereocenters. The number of imidazole rings is 1. The van der Waals surface area contributed by atoms with Gasteiger partial charge >= 0.3 is 5.69 Å². The third-order valence-electron chi connectivity index (χ3n) is 4.39. The first kappa shape index (κ1) is 16.1. The summed E-state index contributed by atoms with van der Waals surface area (Å²) in [7, 11) is 1.72. The van der Waals surface area contributed by atoms with Crippen LogP contribution in [0.15, 0.2) is 53.3 Å². The van der Waals surface area contributed by atoms with Crippen molar-refractivity contribution in [3.8, 4) is 0 Å². The number of carbonyl (C=O) groups is 1. The molecule has 1 N–H and O–H groups in total. The highest BCUT2D eigenvalue weighted by molar-refractivity contribution is 5.81. The molecule has 124 valence electrons. The zero-order chi connectivity index (χ0) is 17.3. The van der Waals surface area contributed by atoms with Gasteiger partial charge in [0.15, 0.2) is 0 Å². The van der Waals surface area contributed by atoms with Crippen LogP contribution in [-0.2, 0) is 18.4 Å². The lowest BCUT2D eigenvalue weighted by atomic mass is 10.0. The second kappa shape index (κ2) is 6.35. The van der Waals surface area contributed by atoms with Crippen molar-refractivity contribution in [2.24, 2.45) is 7.05 Å². The maximum Gasteiger partial charge on any atom is 0.329 e. The largest absolute Gasteiger partial charge is 0.348 e. The smallest absolute Gasteiger partial charge is 0.329 e. The quantitative estimate of drug-likeness (QED) is 0.802. The Morgan fingerprint density at radius 1 is 1.08 bits per heavy atom. The van der Waals surface area contributed by atoms with Crippen molar-refractivity contribution in [1.82, 2.24) is 14.5 Å². The topological polar surface area (TPSA) is 56.0 Å². The molecule has 3 rings (SSSR count). The highest BCUT2D eigenvalue weighted by Crippen LogP contribution is 2.17. The molecule has 0 aliphatic rings. The fraction of sp³-hybridized carbons (Fsp3) is 0.263. The number of aromatic nitrogens is 2. The maximum atomic E-state index is 12.4. The molecule has 0 spiro atoms. The summed E-state index contributed by atoms with van der Waals surface area (Å²) in [6.45, 7) is 3.98. The van der Waals surface area contributed by atoms with Crippen molar-refractivity contribution >= 4 is 16.9 Å². The number of aryl methyl sites for hydroxylation is 2. The Hall–Kier alpha value is -2.82. The molecule has 0 fully saturated rings. The number of nitrogens with zero attached hydrogens (tertiary/aromatic N) is 2. The van der Waals surface area contributed by atoms with E-state index in [9.17, 15) is 9.59 Å². The van der Waals surface area contributed by atoms with Crippen molar-refractivity contribution in [1.29, 1.82) is 0 Å². The standard InChI is InChI=1S/C19H21N3O2/c1-13-8-4-5-9-15(13)14(2)20-18(23)12-22-17-11-7-6-10-16(17)21(3)19(22)24/h4-11,14H,12H2,1-3H3,(H,20,23)/t14-/m1/s1. The first-order chi connectivity index (χ1) is 11.5. The van der Waals surface area contributed by atoms with Gasteiger partial charge < -0.3 is 5.32 Å². The van der Waals surface area contributed by atoms with E-state index >= 15 is 0 Å². The number of amides is 1. The van der Waals surface area contributed by atoms with Gasteiger partial charge in [0.2, 0.25) is 5.91 Å². The summed E-state index contributed by atoms with van der Waals surface area (Å²) in [6, 6.07) is 15.3. The summed E-state index contributed by atoms with van der Waals surface area (Å²) >= 11 is 0. The molecule has 1 amide bonds. The Kier molecular flexibility index (Phi) is 4.25. The Morgan fingerprint density at radius 2 is 1.71 bits per heavy atom. The molecule has 0 radical (unpaired) electrons. The van der Waals surface area contributed by atoms with Gasteiger partial charge in [-0.05, 0) is 37.1 Å². The number of hydrogen-bond donors (Lipinski definition) is 1. The molecular formula is C19H21N3O2. The SMILES string of the molecule is Cc1ccccc1[C@@H](C)NC(=O)Cn1c(=O)n(C)c2ccccc21. The Morgan fingerprint density at radius 3 is 2.42 bits per heavy atom. The molecule has 0 aliphatic heterocycles. The van der Waals surface area contributed by atoms with Gasteiger partial charge in [0.1, 0.15) is 6.54 Å². The zero-order valence-electron chi connectivity index (χ0n) is 14.1. The zero-order valence-corrected chi connectivity index (χ0v) is 14.1. The van der Waals surface area contributed by atoms with Gasteiger partial charge in [-0.25, -0.2) is 4.79 Å². The van der Waals surface area contributed by atoms with Crippen LogP contribution in [0.4, 0.5) is 0 Å². The average Bonchev–Trinajstić information content (AvgIpc) is 2.80. The van der Waals surface area contributed by atoms with E-state index in [1.54, 1.807) is 11.6 Å². The molecule has 0 bridgehead atoms. The minimum atomic E-state index is -0.185. The van der Waals surface area contributed by atoms with Crippen LogP contribution in [0.1, 0.15) is 24.1 Å². The lowest BCUT2D eigenvalue weighted by Gasteiger charge is -2.16. The minimum Gasteiger partial charge on any atom is -0.348 e. The number of fused-ring (bicyclic) bond motifs is 1. The molecule has 0 saturated carbocycles. The van der Waals surface area contributed by atoms with Crippen LogP contribution in [0.2, 0.25) is 0 Å². The van der Waals surface area contributed by atoms with E-state index in [1.165, 1.54) is 4.57 Å². The first-order valence-electron chi connectivity index (χ1n) is 7.98. The summed E-state index contributed by atoms with van der Waals surface area (Å²) in [6.07, 6.45) is 0. The number of hydrogen-bond acceptors (Lipinski definition) is 2. The van der Waals surface area contributed by atoms with Crippen molar-refractivity contribution in [2.75, 3.05) is 0 Å².